The number of carbonyl (C=O) groups is 2. The van der Waals surface area contributed by atoms with E-state index >= 15 is 0 Å². The van der Waals surface area contributed by atoms with E-state index in [-0.39, 0.29) is 42.6 Å². The maximum absolute atomic E-state index is 14.6. The summed E-state index contributed by atoms with van der Waals surface area (Å²) in [6, 6.07) is 21.4. The molecule has 3 aliphatic heterocycles. The van der Waals surface area contributed by atoms with E-state index < -0.39 is 13.7 Å². The number of ether oxygens (including phenoxy) is 3. The van der Waals surface area contributed by atoms with E-state index in [1.54, 1.807) is 23.0 Å². The Morgan fingerprint density at radius 2 is 1.84 bits per heavy atom. The van der Waals surface area contributed by atoms with Crippen LogP contribution in [0.5, 0.6) is 11.5 Å². The van der Waals surface area contributed by atoms with Crippen LogP contribution in [-0.4, -0.2) is 58.0 Å². The highest BCUT2D eigenvalue weighted by atomic mass is 28.3. The van der Waals surface area contributed by atoms with Crippen LogP contribution in [-0.2, 0) is 19.9 Å². The Kier molecular flexibility index (Phi) is 7.44. The van der Waals surface area contributed by atoms with E-state index in [1.807, 2.05) is 54.6 Å². The lowest BCUT2D eigenvalue weighted by molar-refractivity contribution is -0.146. The van der Waals surface area contributed by atoms with E-state index in [1.165, 1.54) is 5.19 Å². The predicted molar refractivity (Wildman–Crippen MR) is 169 cm³/mol. The number of hydrogen-bond donors (Lipinski definition) is 1. The number of nitrogens with zero attached hydrogens (tertiary/aromatic N) is 2. The molecule has 9 heteroatoms. The second-order valence-electron chi connectivity index (χ2n) is 12.1. The zero-order valence-corrected chi connectivity index (χ0v) is 26.1. The number of hydrogen-bond acceptors (Lipinski definition) is 6. The van der Waals surface area contributed by atoms with Gasteiger partial charge in [0.1, 0.15) is 11.5 Å². The first-order chi connectivity index (χ1) is 20.7. The number of methoxy groups -OCH3 is 1. The zero-order valence-electron chi connectivity index (χ0n) is 25.1. The number of amides is 2. The zero-order chi connectivity index (χ0) is 30.5. The van der Waals surface area contributed by atoms with Crippen molar-refractivity contribution in [2.75, 3.05) is 36.7 Å². The fraction of sp³-hybridized carbons (Fsp3) is 0.353. The lowest BCUT2D eigenvalue weighted by atomic mass is 9.82. The van der Waals surface area contributed by atoms with Crippen molar-refractivity contribution in [2.24, 2.45) is 5.92 Å². The summed E-state index contributed by atoms with van der Waals surface area (Å²) in [5.74, 6) is 0.883. The average molecular weight is 599 g/mol. The lowest BCUT2D eigenvalue weighted by Crippen LogP contribution is -2.51. The Balaban J connectivity index is 1.50. The number of aliphatic hydroxyl groups is 1. The molecule has 3 aromatic carbocycles. The third kappa shape index (κ3) is 4.40. The van der Waals surface area contributed by atoms with Crippen molar-refractivity contribution >= 4 is 42.1 Å². The molecule has 43 heavy (non-hydrogen) atoms. The molecule has 4 atom stereocenters. The molecule has 0 aromatic heterocycles. The predicted octanol–water partition coefficient (Wildman–Crippen LogP) is 4.88. The number of rotatable bonds is 8. The van der Waals surface area contributed by atoms with Crippen LogP contribution in [0.2, 0.25) is 18.6 Å². The van der Waals surface area contributed by atoms with Crippen molar-refractivity contribution in [3.8, 4) is 11.5 Å². The number of benzene rings is 3. The molecule has 3 aromatic rings. The van der Waals surface area contributed by atoms with Crippen LogP contribution < -0.4 is 24.5 Å². The van der Waals surface area contributed by atoms with Crippen molar-refractivity contribution in [1.29, 1.82) is 0 Å². The Hall–Kier alpha value is -3.92. The molecule has 1 fully saturated rings. The molecule has 3 heterocycles. The van der Waals surface area contributed by atoms with Gasteiger partial charge >= 0.3 is 0 Å². The normalized spacial score (nSPS) is 24.6. The van der Waals surface area contributed by atoms with Crippen LogP contribution in [0.15, 0.2) is 79.4 Å². The first-order valence-corrected chi connectivity index (χ1v) is 17.8. The Labute approximate surface area is 253 Å². The molecule has 0 saturated carbocycles. The van der Waals surface area contributed by atoms with Gasteiger partial charge in [-0.05, 0) is 54.4 Å². The largest absolute Gasteiger partial charge is 0.497 e. The minimum absolute atomic E-state index is 0.0166. The van der Waals surface area contributed by atoms with Gasteiger partial charge in [-0.1, -0.05) is 55.5 Å². The maximum Gasteiger partial charge on any atom is 0.269 e. The standard InChI is InChI=1S/C34H38N2O6Si/c1-6-18-35-27-16-11-23(36-28-9-7-8-10-29(28)41-21-31(36)38)20-26(27)34(33(35)39)22(2)32(30(42-34)17-19-37)43(4,5)25-14-12-24(40-3)13-15-25/h6-16,20,22,30,32,37H,1,17-19,21H2,2-5H3/t22-,30+,32-,34+/m0/s1. The van der Waals surface area contributed by atoms with Crippen LogP contribution >= 0.6 is 0 Å². The van der Waals surface area contributed by atoms with Crippen molar-refractivity contribution in [3.05, 3.63) is 84.9 Å². The van der Waals surface area contributed by atoms with Gasteiger partial charge < -0.3 is 24.2 Å². The Morgan fingerprint density at radius 3 is 2.53 bits per heavy atom. The third-order valence-electron chi connectivity index (χ3n) is 9.51. The first-order valence-electron chi connectivity index (χ1n) is 14.7. The molecule has 3 aliphatic rings. The van der Waals surface area contributed by atoms with Crippen molar-refractivity contribution in [2.45, 2.75) is 43.7 Å². The average Bonchev–Trinajstić information content (AvgIpc) is 3.44. The van der Waals surface area contributed by atoms with Gasteiger partial charge in [0.15, 0.2) is 12.2 Å². The second-order valence-corrected chi connectivity index (χ2v) is 16.7. The molecule has 0 aliphatic carbocycles. The molecule has 1 saturated heterocycles. The highest BCUT2D eigenvalue weighted by Gasteiger charge is 2.66. The third-order valence-corrected chi connectivity index (χ3v) is 13.9. The van der Waals surface area contributed by atoms with Gasteiger partial charge in [-0.2, -0.15) is 0 Å². The van der Waals surface area contributed by atoms with E-state index in [9.17, 15) is 14.7 Å². The molecule has 1 N–H and O–H groups in total. The summed E-state index contributed by atoms with van der Waals surface area (Å²) in [6.07, 6.45) is 1.80. The fourth-order valence-electron chi connectivity index (χ4n) is 7.53. The monoisotopic (exact) mass is 598 g/mol. The van der Waals surface area contributed by atoms with E-state index in [0.717, 1.165) is 17.0 Å². The summed E-state index contributed by atoms with van der Waals surface area (Å²) in [5, 5.41) is 11.4. The van der Waals surface area contributed by atoms with Gasteiger partial charge in [0.2, 0.25) is 0 Å². The smallest absolute Gasteiger partial charge is 0.269 e. The quantitative estimate of drug-likeness (QED) is 0.294. The molecule has 224 valence electrons. The van der Waals surface area contributed by atoms with E-state index in [2.05, 4.69) is 38.7 Å². The van der Waals surface area contributed by atoms with Crippen LogP contribution in [0.25, 0.3) is 0 Å². The van der Waals surface area contributed by atoms with Crippen LogP contribution in [0.1, 0.15) is 18.9 Å². The lowest BCUT2D eigenvalue weighted by Gasteiger charge is -2.37. The van der Waals surface area contributed by atoms with Gasteiger partial charge in [-0.15, -0.1) is 6.58 Å². The van der Waals surface area contributed by atoms with Gasteiger partial charge in [-0.3, -0.25) is 14.5 Å². The first kappa shape index (κ1) is 29.2. The van der Waals surface area contributed by atoms with E-state index in [4.69, 9.17) is 14.2 Å². The van der Waals surface area contributed by atoms with Crippen LogP contribution in [0.3, 0.4) is 0 Å². The van der Waals surface area contributed by atoms with Crippen molar-refractivity contribution in [3.63, 3.8) is 0 Å². The topological polar surface area (TPSA) is 88.5 Å². The summed E-state index contributed by atoms with van der Waals surface area (Å²) >= 11 is 0. The minimum Gasteiger partial charge on any atom is -0.497 e. The van der Waals surface area contributed by atoms with Crippen molar-refractivity contribution < 1.29 is 28.9 Å². The van der Waals surface area contributed by atoms with Crippen molar-refractivity contribution in [1.82, 2.24) is 0 Å². The molecule has 0 radical (unpaired) electrons. The number of carbonyl (C=O) groups excluding carboxylic acids is 2. The number of fused-ring (bicyclic) bond motifs is 3. The SMILES string of the molecule is C=CCN1C(=O)[C@]2(O[C@H](CCO)[C@@H]([Si](C)(C)c3ccc(OC)cc3)[C@@H]2C)c2cc(N3C(=O)COc4ccccc43)ccc21. The second kappa shape index (κ2) is 11.0. The molecule has 8 nitrogen and oxygen atoms in total. The van der Waals surface area contributed by atoms with Gasteiger partial charge in [0.05, 0.1) is 32.7 Å². The summed E-state index contributed by atoms with van der Waals surface area (Å²) in [7, 11) is -0.645. The summed E-state index contributed by atoms with van der Waals surface area (Å²) in [5.41, 5.74) is 1.54. The molecule has 6 rings (SSSR count). The number of anilines is 3. The highest BCUT2D eigenvalue weighted by Crippen LogP contribution is 2.60. The van der Waals surface area contributed by atoms with Gasteiger partial charge in [-0.25, -0.2) is 0 Å². The minimum atomic E-state index is -2.30. The van der Waals surface area contributed by atoms with Gasteiger partial charge in [0.25, 0.3) is 11.8 Å². The Morgan fingerprint density at radius 1 is 1.09 bits per heavy atom. The van der Waals surface area contributed by atoms with Gasteiger partial charge in [0, 0.05) is 30.3 Å². The molecule has 1 spiro atoms. The summed E-state index contributed by atoms with van der Waals surface area (Å²) in [6.45, 7) is 10.8. The molecular weight excluding hydrogens is 560 g/mol. The number of para-hydroxylation sites is 2. The summed E-state index contributed by atoms with van der Waals surface area (Å²) < 4.78 is 18.1. The fourth-order valence-corrected chi connectivity index (χ4v) is 11.6. The highest BCUT2D eigenvalue weighted by molar-refractivity contribution is 6.91. The molecule has 2 amide bonds. The molecule has 0 unspecified atom stereocenters. The molecular formula is C34H38N2O6Si. The van der Waals surface area contributed by atoms with E-state index in [0.29, 0.717) is 30.1 Å². The summed E-state index contributed by atoms with van der Waals surface area (Å²) in [4.78, 5) is 31.2. The number of aliphatic hydroxyl groups excluding tert-OH is 1. The Bertz CT molecular complexity index is 1570. The van der Waals surface area contributed by atoms with Crippen LogP contribution in [0, 0.1) is 5.92 Å². The maximum atomic E-state index is 14.6. The molecule has 0 bridgehead atoms. The van der Waals surface area contributed by atoms with Crippen LogP contribution in [0.4, 0.5) is 17.1 Å².